The molecule has 2 aromatic heterocycles. The molecule has 180 valence electrons. The monoisotopic (exact) mass is 478 g/mol. The van der Waals surface area contributed by atoms with Gasteiger partial charge in [-0.1, -0.05) is 60.2 Å². The largest absolute Gasteiger partial charge is 0.493 e. The molecule has 0 aliphatic rings. The van der Waals surface area contributed by atoms with Crippen molar-refractivity contribution in [1.82, 2.24) is 20.5 Å². The summed E-state index contributed by atoms with van der Waals surface area (Å²) >= 11 is 0. The Balaban J connectivity index is 1.61. The van der Waals surface area contributed by atoms with Crippen molar-refractivity contribution in [3.05, 3.63) is 95.6 Å². The van der Waals surface area contributed by atoms with Gasteiger partial charge in [0.25, 0.3) is 5.91 Å². The molecule has 0 fully saturated rings. The first-order valence-corrected chi connectivity index (χ1v) is 11.6. The van der Waals surface area contributed by atoms with Gasteiger partial charge in [0.05, 0.1) is 36.6 Å². The standard InChI is InChI=1S/C29H26N4O3/c1-18-9-11-19(12-10-18)17-30-29(34)22-16-23(21-13-14-24(35-2)25(15-21)36-3)31-28-26(22)27(32-33-28)20-7-5-4-6-8-20/h4-16H,17H2,1-3H3,(H,30,34)(H,31,32,33). The summed E-state index contributed by atoms with van der Waals surface area (Å²) in [4.78, 5) is 18.3. The van der Waals surface area contributed by atoms with Gasteiger partial charge >= 0.3 is 0 Å². The average molecular weight is 479 g/mol. The molecule has 1 amide bonds. The molecule has 0 saturated heterocycles. The van der Waals surface area contributed by atoms with Gasteiger partial charge in [-0.15, -0.1) is 0 Å². The van der Waals surface area contributed by atoms with E-state index in [1.54, 1.807) is 20.3 Å². The Labute approximate surface area is 209 Å². The van der Waals surface area contributed by atoms with Crippen LogP contribution in [0.1, 0.15) is 21.5 Å². The number of aryl methyl sites for hydroxylation is 1. The maximum atomic E-state index is 13.6. The Morgan fingerprint density at radius 3 is 2.36 bits per heavy atom. The highest BCUT2D eigenvalue weighted by Crippen LogP contribution is 2.35. The number of carbonyl (C=O) groups excluding carboxylic acids is 1. The normalized spacial score (nSPS) is 10.9. The molecule has 3 aromatic carbocycles. The van der Waals surface area contributed by atoms with E-state index in [2.05, 4.69) is 15.5 Å². The van der Waals surface area contributed by atoms with Crippen LogP contribution in [0.2, 0.25) is 0 Å². The second kappa shape index (κ2) is 9.92. The lowest BCUT2D eigenvalue weighted by atomic mass is 10.0. The maximum absolute atomic E-state index is 13.6. The summed E-state index contributed by atoms with van der Waals surface area (Å²) in [6, 6.07) is 25.2. The van der Waals surface area contributed by atoms with Crippen molar-refractivity contribution in [3.8, 4) is 34.0 Å². The van der Waals surface area contributed by atoms with Crippen molar-refractivity contribution in [2.24, 2.45) is 0 Å². The van der Waals surface area contributed by atoms with Gasteiger partial charge < -0.3 is 14.8 Å². The summed E-state index contributed by atoms with van der Waals surface area (Å²) < 4.78 is 10.8. The van der Waals surface area contributed by atoms with Crippen LogP contribution in [0.15, 0.2) is 78.9 Å². The molecule has 0 spiro atoms. The molecule has 5 rings (SSSR count). The van der Waals surface area contributed by atoms with Crippen molar-refractivity contribution in [3.63, 3.8) is 0 Å². The summed E-state index contributed by atoms with van der Waals surface area (Å²) in [6.45, 7) is 2.45. The fourth-order valence-corrected chi connectivity index (χ4v) is 4.14. The fourth-order valence-electron chi connectivity index (χ4n) is 4.14. The molecule has 7 heteroatoms. The number of H-pyrrole nitrogens is 1. The summed E-state index contributed by atoms with van der Waals surface area (Å²) in [5.74, 6) is 0.988. The molecular formula is C29H26N4O3. The van der Waals surface area contributed by atoms with Gasteiger partial charge in [0.2, 0.25) is 0 Å². The molecule has 0 unspecified atom stereocenters. The van der Waals surface area contributed by atoms with E-state index in [-0.39, 0.29) is 5.91 Å². The van der Waals surface area contributed by atoms with Gasteiger partial charge in [0.15, 0.2) is 17.1 Å². The summed E-state index contributed by atoms with van der Waals surface area (Å²) in [6.07, 6.45) is 0. The summed E-state index contributed by atoms with van der Waals surface area (Å²) in [5.41, 5.74) is 6.21. The minimum absolute atomic E-state index is 0.205. The molecule has 0 bridgehead atoms. The number of pyridine rings is 1. The lowest BCUT2D eigenvalue weighted by Gasteiger charge is -2.12. The van der Waals surface area contributed by atoms with Crippen LogP contribution in [0.5, 0.6) is 11.5 Å². The van der Waals surface area contributed by atoms with E-state index in [0.29, 0.717) is 40.3 Å². The maximum Gasteiger partial charge on any atom is 0.252 e. The highest BCUT2D eigenvalue weighted by molar-refractivity contribution is 6.11. The van der Waals surface area contributed by atoms with E-state index < -0.39 is 0 Å². The third-order valence-electron chi connectivity index (χ3n) is 6.08. The Bertz CT molecular complexity index is 1530. The molecule has 0 atom stereocenters. The van der Waals surface area contributed by atoms with Crippen LogP contribution in [0.25, 0.3) is 33.5 Å². The minimum Gasteiger partial charge on any atom is -0.493 e. The number of hydrogen-bond acceptors (Lipinski definition) is 5. The van der Waals surface area contributed by atoms with Crippen LogP contribution < -0.4 is 14.8 Å². The molecule has 2 heterocycles. The molecule has 0 saturated carbocycles. The zero-order valence-electron chi connectivity index (χ0n) is 20.3. The number of methoxy groups -OCH3 is 2. The number of benzene rings is 3. The Kier molecular flexibility index (Phi) is 6.36. The fraction of sp³-hybridized carbons (Fsp3) is 0.138. The Morgan fingerprint density at radius 2 is 1.64 bits per heavy atom. The number of nitrogens with one attached hydrogen (secondary N) is 2. The van der Waals surface area contributed by atoms with Gasteiger partial charge in [0.1, 0.15) is 0 Å². The highest BCUT2D eigenvalue weighted by atomic mass is 16.5. The van der Waals surface area contributed by atoms with Crippen molar-refractivity contribution in [1.29, 1.82) is 0 Å². The molecule has 7 nitrogen and oxygen atoms in total. The van der Waals surface area contributed by atoms with Gasteiger partial charge in [0, 0.05) is 17.7 Å². The lowest BCUT2D eigenvalue weighted by Crippen LogP contribution is -2.23. The summed E-state index contributed by atoms with van der Waals surface area (Å²) in [7, 11) is 3.18. The van der Waals surface area contributed by atoms with Crippen molar-refractivity contribution >= 4 is 16.9 Å². The molecule has 0 aliphatic carbocycles. The van der Waals surface area contributed by atoms with Gasteiger partial charge in [-0.25, -0.2) is 4.98 Å². The van der Waals surface area contributed by atoms with Crippen molar-refractivity contribution in [2.45, 2.75) is 13.5 Å². The van der Waals surface area contributed by atoms with Crippen molar-refractivity contribution in [2.75, 3.05) is 14.2 Å². The zero-order valence-corrected chi connectivity index (χ0v) is 20.3. The van der Waals surface area contributed by atoms with Crippen molar-refractivity contribution < 1.29 is 14.3 Å². The topological polar surface area (TPSA) is 89.1 Å². The van der Waals surface area contributed by atoms with E-state index >= 15 is 0 Å². The Hall–Kier alpha value is -4.65. The second-order valence-electron chi connectivity index (χ2n) is 8.46. The van der Waals surface area contributed by atoms with Gasteiger partial charge in [-0.2, -0.15) is 5.10 Å². The number of hydrogen-bond donors (Lipinski definition) is 2. The Morgan fingerprint density at radius 1 is 0.889 bits per heavy atom. The van der Waals surface area contributed by atoms with E-state index in [1.807, 2.05) is 79.7 Å². The first-order chi connectivity index (χ1) is 17.6. The zero-order chi connectivity index (χ0) is 25.1. The predicted octanol–water partition coefficient (Wildman–Crippen LogP) is 5.55. The number of fused-ring (bicyclic) bond motifs is 1. The smallest absolute Gasteiger partial charge is 0.252 e. The number of nitrogens with zero attached hydrogens (tertiary/aromatic N) is 2. The number of carbonyl (C=O) groups is 1. The summed E-state index contributed by atoms with van der Waals surface area (Å²) in [5, 5.41) is 11.3. The van der Waals surface area contributed by atoms with Gasteiger partial charge in [-0.3, -0.25) is 9.89 Å². The third kappa shape index (κ3) is 4.51. The van der Waals surface area contributed by atoms with E-state index in [0.717, 1.165) is 22.4 Å². The predicted molar refractivity (Wildman–Crippen MR) is 140 cm³/mol. The minimum atomic E-state index is -0.205. The van der Waals surface area contributed by atoms with E-state index in [9.17, 15) is 4.79 Å². The first-order valence-electron chi connectivity index (χ1n) is 11.6. The second-order valence-corrected chi connectivity index (χ2v) is 8.46. The highest BCUT2D eigenvalue weighted by Gasteiger charge is 2.21. The molecule has 5 aromatic rings. The number of amides is 1. The number of rotatable bonds is 7. The van der Waals surface area contributed by atoms with Crippen LogP contribution in [0.4, 0.5) is 0 Å². The first kappa shape index (κ1) is 23.1. The quantitative estimate of drug-likeness (QED) is 0.320. The number of ether oxygens (including phenoxy) is 2. The van der Waals surface area contributed by atoms with Crippen LogP contribution in [-0.2, 0) is 6.54 Å². The van der Waals surface area contributed by atoms with Crippen LogP contribution in [0, 0.1) is 6.92 Å². The molecule has 36 heavy (non-hydrogen) atoms. The number of aromatic amines is 1. The lowest BCUT2D eigenvalue weighted by molar-refractivity contribution is 0.0952. The van der Waals surface area contributed by atoms with Crippen LogP contribution in [-0.4, -0.2) is 35.3 Å². The third-order valence-corrected chi connectivity index (χ3v) is 6.08. The average Bonchev–Trinajstić information content (AvgIpc) is 3.36. The van der Waals surface area contributed by atoms with Gasteiger partial charge in [-0.05, 0) is 36.8 Å². The van der Waals surface area contributed by atoms with Crippen LogP contribution in [0.3, 0.4) is 0 Å². The van der Waals surface area contributed by atoms with Crippen LogP contribution >= 0.6 is 0 Å². The molecule has 0 aliphatic heterocycles. The SMILES string of the molecule is COc1ccc(-c2cc(C(=O)NCc3ccc(C)cc3)c3c(-c4ccccc4)[nH]nc3n2)cc1OC. The molecule has 2 N–H and O–H groups in total. The van der Waals surface area contributed by atoms with E-state index in [4.69, 9.17) is 14.5 Å². The number of aromatic nitrogens is 3. The molecular weight excluding hydrogens is 452 g/mol. The van der Waals surface area contributed by atoms with E-state index in [1.165, 1.54) is 5.56 Å². The molecule has 0 radical (unpaired) electrons.